The lowest BCUT2D eigenvalue weighted by atomic mass is 9.80. The van der Waals surface area contributed by atoms with Gasteiger partial charge in [0.05, 0.1) is 39.6 Å². The summed E-state index contributed by atoms with van der Waals surface area (Å²) in [6.07, 6.45) is 6.66. The van der Waals surface area contributed by atoms with E-state index in [4.69, 9.17) is 42.8 Å². The van der Waals surface area contributed by atoms with Crippen molar-refractivity contribution in [2.75, 3.05) is 90.7 Å². The van der Waals surface area contributed by atoms with E-state index in [0.717, 1.165) is 36.8 Å². The minimum absolute atomic E-state index is 0.00420. The maximum atomic E-state index is 15.5. The van der Waals surface area contributed by atoms with E-state index in [-0.39, 0.29) is 65.5 Å². The lowest BCUT2D eigenvalue weighted by molar-refractivity contribution is 0.00578. The normalized spacial score (nSPS) is 15.2. The summed E-state index contributed by atoms with van der Waals surface area (Å²) in [6.45, 7) is 46.5. The van der Waals surface area contributed by atoms with Crippen LogP contribution in [0, 0.1) is 35.1 Å². The summed E-state index contributed by atoms with van der Waals surface area (Å²) >= 11 is 3.30. The van der Waals surface area contributed by atoms with Crippen molar-refractivity contribution < 1.29 is 89.2 Å². The van der Waals surface area contributed by atoms with Crippen LogP contribution in [0.2, 0.25) is 51.4 Å². The summed E-state index contributed by atoms with van der Waals surface area (Å²) in [4.78, 5) is 96.1. The number of alkyl carbamates (subject to hydrolysis) is 2. The number of benzene rings is 2. The minimum Gasteiger partial charge on any atom is -0.444 e. The highest BCUT2D eigenvalue weighted by Crippen LogP contribution is 2.39. The molecule has 652 valence electrons. The average Bonchev–Trinajstić information content (AvgIpc) is 1.58. The molecular weight excluding hydrogens is 1630 g/mol. The first-order chi connectivity index (χ1) is 54.7. The fourth-order valence-electron chi connectivity index (χ4n) is 11.8. The van der Waals surface area contributed by atoms with Gasteiger partial charge in [-0.25, -0.2) is 56.7 Å². The van der Waals surface area contributed by atoms with E-state index in [1.165, 1.54) is 18.3 Å². The quantitative estimate of drug-likeness (QED) is 0.0128. The predicted molar refractivity (Wildman–Crippen MR) is 458 cm³/mol. The number of carbonyl (C=O) groups is 6. The van der Waals surface area contributed by atoms with Crippen molar-refractivity contribution in [2.45, 2.75) is 235 Å². The second-order valence-corrected chi connectivity index (χ2v) is 48.3. The number of rotatable bonds is 24. The van der Waals surface area contributed by atoms with E-state index < -0.39 is 116 Å². The number of nitrogens with zero attached hydrogens (tertiary/aromatic N) is 8. The topological polar surface area (TPSA) is 337 Å². The van der Waals surface area contributed by atoms with Crippen molar-refractivity contribution in [1.29, 1.82) is 0 Å². The van der Waals surface area contributed by atoms with Crippen molar-refractivity contribution in [3.63, 3.8) is 0 Å². The van der Waals surface area contributed by atoms with E-state index in [0.29, 0.717) is 99.8 Å². The monoisotopic (exact) mass is 1750 g/mol. The molecule has 4 aromatic heterocycles. The molecule has 3 aliphatic heterocycles. The summed E-state index contributed by atoms with van der Waals surface area (Å²) in [5.41, 5.74) is -1.39. The van der Waals surface area contributed by atoms with Gasteiger partial charge in [0.2, 0.25) is 11.6 Å². The molecule has 29 nitrogen and oxygen atoms in total. The molecule has 0 unspecified atom stereocenters. The van der Waals surface area contributed by atoms with Crippen LogP contribution in [0.1, 0.15) is 158 Å². The number of halogens is 5. The van der Waals surface area contributed by atoms with Crippen LogP contribution in [-0.4, -0.2) is 187 Å². The van der Waals surface area contributed by atoms with Crippen LogP contribution < -0.4 is 47.2 Å². The number of amides is 6. The zero-order valence-corrected chi connectivity index (χ0v) is 76.2. The number of anilines is 6. The molecule has 6 amide bonds. The van der Waals surface area contributed by atoms with Gasteiger partial charge in [-0.15, -0.1) is 0 Å². The molecular formula is C81H122BBrF4N14O15Si2. The molecule has 0 aliphatic carbocycles. The molecule has 0 radical (unpaired) electrons. The van der Waals surface area contributed by atoms with Crippen LogP contribution in [-0.2, 0) is 51.2 Å². The first-order valence-corrected chi connectivity index (χ1v) is 47.6. The fourth-order valence-corrected chi connectivity index (χ4v) is 13.7. The van der Waals surface area contributed by atoms with Crippen molar-refractivity contribution in [3.05, 3.63) is 113 Å². The molecule has 2 aromatic carbocycles. The summed E-state index contributed by atoms with van der Waals surface area (Å²) in [5.74, 6) is -4.42. The molecule has 3 saturated heterocycles. The zero-order chi connectivity index (χ0) is 88.3. The summed E-state index contributed by atoms with van der Waals surface area (Å²) in [5, 5.41) is 23.3. The number of pyridine rings is 2. The Morgan fingerprint density at radius 3 is 1.31 bits per heavy atom. The number of imidazole rings is 2. The molecule has 0 bridgehead atoms. The lowest BCUT2D eigenvalue weighted by Crippen LogP contribution is -2.41. The van der Waals surface area contributed by atoms with Crippen LogP contribution >= 0.6 is 15.9 Å². The highest BCUT2D eigenvalue weighted by Gasteiger charge is 2.52. The molecule has 7 heterocycles. The second kappa shape index (κ2) is 42.0. The number of aromatic nitrogens is 6. The second-order valence-electron chi connectivity index (χ2n) is 36.3. The van der Waals surface area contributed by atoms with E-state index in [1.54, 1.807) is 139 Å². The van der Waals surface area contributed by atoms with Crippen molar-refractivity contribution in [2.24, 2.45) is 11.8 Å². The SMILES string of the molecule is CC(C)(C)OC(=O)NCC1CCN(c2c(NC(=O)c3nc(-c4ccnc(NC(=O)OC(C)(C)C)c4)cn3COCC[Si](C)(C)C)ccc(F)c2F)CC1.CC(C)(C)OC(=O)NCC1CCN(c2c(NC(=O)c3nc(Br)cn3COCC[Si](C)(C)C)ccc(F)c2F)CC1.CC(C)(C)OC(=O)Nc1cc(B2OC(C)(C)C(C)(C)O2)ccn1.CO. The van der Waals surface area contributed by atoms with E-state index >= 15 is 8.78 Å². The highest BCUT2D eigenvalue weighted by atomic mass is 79.9. The Morgan fingerprint density at radius 2 is 0.907 bits per heavy atom. The van der Waals surface area contributed by atoms with Crippen LogP contribution in [0.25, 0.3) is 11.3 Å². The van der Waals surface area contributed by atoms with Crippen LogP contribution in [0.5, 0.6) is 0 Å². The number of aliphatic hydroxyl groups excluding tert-OH is 1. The first kappa shape index (κ1) is 98.1. The number of aliphatic hydroxyl groups is 1. The molecule has 9 rings (SSSR count). The van der Waals surface area contributed by atoms with Crippen molar-refractivity contribution in [1.82, 2.24) is 39.7 Å². The summed E-state index contributed by atoms with van der Waals surface area (Å²) < 4.78 is 108. The first-order valence-electron chi connectivity index (χ1n) is 39.4. The van der Waals surface area contributed by atoms with Gasteiger partial charge in [0.1, 0.15) is 52.1 Å². The largest absolute Gasteiger partial charge is 0.495 e. The molecule has 6 aromatic rings. The smallest absolute Gasteiger partial charge is 0.444 e. The number of ether oxygens (including phenoxy) is 6. The predicted octanol–water partition coefficient (Wildman–Crippen LogP) is 16.4. The zero-order valence-electron chi connectivity index (χ0n) is 72.6. The Kier molecular flexibility index (Phi) is 34.9. The maximum absolute atomic E-state index is 15.5. The lowest BCUT2D eigenvalue weighted by Gasteiger charge is -2.35. The van der Waals surface area contributed by atoms with Gasteiger partial charge in [-0.1, -0.05) is 39.3 Å². The number of nitrogens with one attached hydrogen (secondary N) is 6. The molecule has 37 heteroatoms. The number of hydrogen-bond acceptors (Lipinski definition) is 21. The molecule has 118 heavy (non-hydrogen) atoms. The van der Waals surface area contributed by atoms with Crippen LogP contribution in [0.15, 0.2) is 77.9 Å². The highest BCUT2D eigenvalue weighted by molar-refractivity contribution is 9.10. The number of piperidine rings is 2. The molecule has 0 spiro atoms. The van der Waals surface area contributed by atoms with Crippen molar-refractivity contribution >= 4 is 115 Å². The summed E-state index contributed by atoms with van der Waals surface area (Å²) in [6, 6.07) is 13.4. The Morgan fingerprint density at radius 1 is 0.534 bits per heavy atom. The van der Waals surface area contributed by atoms with E-state index in [2.05, 4.69) is 107 Å². The van der Waals surface area contributed by atoms with Gasteiger partial charge in [-0.3, -0.25) is 20.2 Å². The molecule has 7 N–H and O–H groups in total. The van der Waals surface area contributed by atoms with Gasteiger partial charge in [0.25, 0.3) is 11.8 Å². The van der Waals surface area contributed by atoms with Gasteiger partial charge in [-0.05, 0) is 230 Å². The van der Waals surface area contributed by atoms with Crippen LogP contribution in [0.4, 0.5) is 71.1 Å². The third-order valence-corrected chi connectivity index (χ3v) is 22.2. The Bertz CT molecular complexity index is 4360. The molecule has 3 aliphatic rings. The van der Waals surface area contributed by atoms with Gasteiger partial charge in [0, 0.05) is 106 Å². The van der Waals surface area contributed by atoms with Gasteiger partial charge in [0.15, 0.2) is 23.3 Å². The van der Waals surface area contributed by atoms with Crippen molar-refractivity contribution in [3.8, 4) is 11.3 Å². The summed E-state index contributed by atoms with van der Waals surface area (Å²) in [7, 11) is -2.16. The van der Waals surface area contributed by atoms with E-state index in [1.807, 2.05) is 33.8 Å². The minimum atomic E-state index is -1.40. The fraction of sp³-hybridized carbons (Fsp3) is 0.580. The van der Waals surface area contributed by atoms with Crippen LogP contribution in [0.3, 0.4) is 0 Å². The van der Waals surface area contributed by atoms with E-state index in [9.17, 15) is 37.5 Å². The Balaban J connectivity index is 0.000000292. The molecule has 0 saturated carbocycles. The number of hydrogen-bond donors (Lipinski definition) is 7. The van der Waals surface area contributed by atoms with Gasteiger partial charge < -0.3 is 83.0 Å². The third-order valence-electron chi connectivity index (χ3n) is 18.4. The van der Waals surface area contributed by atoms with Gasteiger partial charge >= 0.3 is 31.5 Å². The molecule has 3 fully saturated rings. The number of carbonyl (C=O) groups excluding carboxylic acids is 6. The average molecular weight is 1750 g/mol. The molecule has 0 atom stereocenters. The standard InChI is InChI=1S/C37H53F2N7O6Si.C27H40BrF2N5O4Si.C16H25BN2O4.CH4O/c1-36(2,3)51-34(48)41-21-24-13-16-45(17-14-24)31-27(11-10-26(38)30(31)39)43-33(47)32-42-28(22-46(32)23-50-18-19-53(7,8)9)25-12-15-40-29(20-25)44-35(49)52-37(4,5)6;1-27(2,3)39-26(37)31-15-18-9-11-34(12-10-18)23-20(8-7-19(29)22(23)30)32-25(36)24-33-21(28)16-35(24)17-38-13-14-40(4,5)6;1-14(2,3)21-13(20)19-12-10-11(8-9-18-12)17-22-15(4,5)16(6,7)23-17;1-2/h10-12,15,20,22,24H,13-14,16-19,21,23H2,1-9H3,(H,41,48)(H,43,47)(H,40,44,49);7-8,16,18H,9-15,17H2,1-6H3,(H,31,37)(H,32,36);8-10H,1-7H3,(H,18,19,20);2H,1H3. The Labute approximate surface area is 701 Å². The van der Waals surface area contributed by atoms with Gasteiger partial charge in [-0.2, -0.15) is 0 Å². The third kappa shape index (κ3) is 32.1. The maximum Gasteiger partial charge on any atom is 0.495 e. The Hall–Kier alpha value is -8.72.